The van der Waals surface area contributed by atoms with Gasteiger partial charge in [-0.25, -0.2) is 9.97 Å². The van der Waals surface area contributed by atoms with Crippen LogP contribution in [0.15, 0.2) is 27.3 Å². The van der Waals surface area contributed by atoms with Gasteiger partial charge in [-0.05, 0) is 60.8 Å². The van der Waals surface area contributed by atoms with Crippen molar-refractivity contribution in [2.75, 3.05) is 5.73 Å². The van der Waals surface area contributed by atoms with Gasteiger partial charge in [0.2, 0.25) is 0 Å². The number of halogens is 1. The quantitative estimate of drug-likeness (QED) is 0.640. The van der Waals surface area contributed by atoms with Crippen LogP contribution in [0, 0.1) is 0 Å². The van der Waals surface area contributed by atoms with Crippen LogP contribution >= 0.6 is 27.3 Å². The van der Waals surface area contributed by atoms with Crippen LogP contribution in [0.4, 0.5) is 5.82 Å². The Morgan fingerprint density at radius 2 is 2.04 bits per heavy atom. The van der Waals surface area contributed by atoms with Gasteiger partial charge in [-0.3, -0.25) is 4.90 Å². The average molecular weight is 421 g/mol. The SMILES string of the molecule is CC1CCCC(C)N1Cc1cc2c(N)nc(-c3ccc(Br)o3)nc2s1. The van der Waals surface area contributed by atoms with E-state index in [1.54, 1.807) is 11.3 Å². The largest absolute Gasteiger partial charge is 0.446 e. The summed E-state index contributed by atoms with van der Waals surface area (Å²) in [6.45, 7) is 5.60. The van der Waals surface area contributed by atoms with E-state index >= 15 is 0 Å². The Labute approximate surface area is 159 Å². The van der Waals surface area contributed by atoms with Gasteiger partial charge in [0.15, 0.2) is 16.3 Å². The molecule has 2 atom stereocenters. The molecule has 0 saturated carbocycles. The van der Waals surface area contributed by atoms with Crippen molar-refractivity contribution in [1.82, 2.24) is 14.9 Å². The fourth-order valence-corrected chi connectivity index (χ4v) is 4.93. The molecule has 0 aliphatic carbocycles. The van der Waals surface area contributed by atoms with E-state index in [9.17, 15) is 0 Å². The van der Waals surface area contributed by atoms with E-state index in [0.717, 1.165) is 16.8 Å². The van der Waals surface area contributed by atoms with Crippen molar-refractivity contribution in [3.05, 3.63) is 27.7 Å². The molecule has 25 heavy (non-hydrogen) atoms. The van der Waals surface area contributed by atoms with Crippen LogP contribution in [0.5, 0.6) is 0 Å². The number of nitrogens with zero attached hydrogens (tertiary/aromatic N) is 3. The minimum atomic E-state index is 0.509. The van der Waals surface area contributed by atoms with E-state index in [1.807, 2.05) is 12.1 Å². The molecule has 3 aromatic heterocycles. The molecule has 0 spiro atoms. The van der Waals surface area contributed by atoms with Crippen molar-refractivity contribution >= 4 is 43.3 Å². The molecule has 0 aromatic carbocycles. The number of thiophene rings is 1. The maximum atomic E-state index is 6.19. The Morgan fingerprint density at radius 1 is 1.28 bits per heavy atom. The van der Waals surface area contributed by atoms with Crippen LogP contribution in [-0.2, 0) is 6.54 Å². The topological polar surface area (TPSA) is 68.2 Å². The molecule has 1 saturated heterocycles. The van der Waals surface area contributed by atoms with Gasteiger partial charge in [0.05, 0.1) is 5.39 Å². The third-order valence-corrected chi connectivity index (χ3v) is 6.42. The summed E-state index contributed by atoms with van der Waals surface area (Å²) >= 11 is 5.01. The van der Waals surface area contributed by atoms with E-state index in [4.69, 9.17) is 10.2 Å². The number of hydrogen-bond acceptors (Lipinski definition) is 6. The summed E-state index contributed by atoms with van der Waals surface area (Å²) in [5.74, 6) is 1.66. The predicted octanol–water partition coefficient (Wildman–Crippen LogP) is 5.06. The number of rotatable bonds is 3. The molecule has 7 heteroatoms. The first-order valence-corrected chi connectivity index (χ1v) is 10.2. The van der Waals surface area contributed by atoms with Crippen LogP contribution in [-0.4, -0.2) is 27.0 Å². The van der Waals surface area contributed by atoms with Crippen LogP contribution in [0.3, 0.4) is 0 Å². The smallest absolute Gasteiger partial charge is 0.199 e. The second-order valence-corrected chi connectivity index (χ2v) is 8.67. The summed E-state index contributed by atoms with van der Waals surface area (Å²) in [6.07, 6.45) is 3.87. The molecule has 132 valence electrons. The third kappa shape index (κ3) is 3.32. The van der Waals surface area contributed by atoms with Crippen molar-refractivity contribution in [3.63, 3.8) is 0 Å². The Balaban J connectivity index is 1.67. The number of likely N-dealkylation sites (tertiary alicyclic amines) is 1. The highest BCUT2D eigenvalue weighted by Gasteiger charge is 2.25. The summed E-state index contributed by atoms with van der Waals surface area (Å²) in [5, 5.41) is 0.937. The number of nitrogens with two attached hydrogens (primary N) is 1. The normalized spacial score (nSPS) is 21.9. The molecule has 2 unspecified atom stereocenters. The molecule has 0 radical (unpaired) electrons. The number of piperidine rings is 1. The lowest BCUT2D eigenvalue weighted by atomic mass is 9.97. The predicted molar refractivity (Wildman–Crippen MR) is 106 cm³/mol. The van der Waals surface area contributed by atoms with Gasteiger partial charge in [-0.15, -0.1) is 11.3 Å². The van der Waals surface area contributed by atoms with Gasteiger partial charge in [0, 0.05) is 23.5 Å². The third-order valence-electron chi connectivity index (χ3n) is 4.98. The number of fused-ring (bicyclic) bond motifs is 1. The minimum absolute atomic E-state index is 0.509. The second-order valence-electron chi connectivity index (χ2n) is 6.77. The lowest BCUT2D eigenvalue weighted by molar-refractivity contribution is 0.0965. The van der Waals surface area contributed by atoms with Gasteiger partial charge < -0.3 is 10.2 Å². The first kappa shape index (κ1) is 17.0. The Hall–Kier alpha value is -1.44. The lowest BCUT2D eigenvalue weighted by Gasteiger charge is -2.38. The monoisotopic (exact) mass is 420 g/mol. The van der Waals surface area contributed by atoms with E-state index in [1.165, 1.54) is 24.1 Å². The zero-order chi connectivity index (χ0) is 17.6. The molecule has 4 heterocycles. The second kappa shape index (κ2) is 6.70. The van der Waals surface area contributed by atoms with E-state index in [0.29, 0.717) is 34.2 Å². The number of hydrogen-bond donors (Lipinski definition) is 1. The summed E-state index contributed by atoms with van der Waals surface area (Å²) in [5.41, 5.74) is 6.19. The van der Waals surface area contributed by atoms with Crippen molar-refractivity contribution in [3.8, 4) is 11.6 Å². The molecular weight excluding hydrogens is 400 g/mol. The molecule has 5 nitrogen and oxygen atoms in total. The Bertz CT molecular complexity index is 896. The van der Waals surface area contributed by atoms with Gasteiger partial charge in [0.25, 0.3) is 0 Å². The molecule has 0 bridgehead atoms. The molecule has 4 rings (SSSR count). The molecule has 1 aliphatic heterocycles. The first-order valence-electron chi connectivity index (χ1n) is 8.58. The Morgan fingerprint density at radius 3 is 2.72 bits per heavy atom. The summed E-state index contributed by atoms with van der Waals surface area (Å²) < 4.78 is 6.22. The first-order chi connectivity index (χ1) is 12.0. The molecule has 0 amide bonds. The highest BCUT2D eigenvalue weighted by atomic mass is 79.9. The molecule has 3 aromatic rings. The average Bonchev–Trinajstić information content (AvgIpc) is 3.17. The fraction of sp³-hybridized carbons (Fsp3) is 0.444. The maximum absolute atomic E-state index is 6.19. The highest BCUT2D eigenvalue weighted by molar-refractivity contribution is 9.10. The summed E-state index contributed by atoms with van der Waals surface area (Å²) in [6, 6.07) is 7.06. The van der Waals surface area contributed by atoms with Gasteiger partial charge in [-0.2, -0.15) is 0 Å². The molecule has 1 aliphatic rings. The van der Waals surface area contributed by atoms with Crippen LogP contribution < -0.4 is 5.73 Å². The summed E-state index contributed by atoms with van der Waals surface area (Å²) in [4.78, 5) is 13.9. The number of furan rings is 1. The van der Waals surface area contributed by atoms with E-state index in [2.05, 4.69) is 50.7 Å². The molecule has 1 fully saturated rings. The van der Waals surface area contributed by atoms with Crippen molar-refractivity contribution in [1.29, 1.82) is 0 Å². The zero-order valence-electron chi connectivity index (χ0n) is 14.3. The standard InChI is InChI=1S/C18H21BrN4OS/c1-10-4-3-5-11(2)23(10)9-12-8-13-16(20)21-17(22-18(13)25-12)14-6-7-15(19)24-14/h6-8,10-11H,3-5,9H2,1-2H3,(H2,20,21,22). The van der Waals surface area contributed by atoms with Crippen LogP contribution in [0.2, 0.25) is 0 Å². The zero-order valence-corrected chi connectivity index (χ0v) is 16.7. The van der Waals surface area contributed by atoms with Crippen LogP contribution in [0.1, 0.15) is 38.0 Å². The molecule has 2 N–H and O–H groups in total. The fourth-order valence-electron chi connectivity index (χ4n) is 3.58. The number of nitrogen functional groups attached to an aromatic ring is 1. The maximum Gasteiger partial charge on any atom is 0.199 e. The number of anilines is 1. The van der Waals surface area contributed by atoms with Crippen molar-refractivity contribution in [2.24, 2.45) is 0 Å². The highest BCUT2D eigenvalue weighted by Crippen LogP contribution is 2.33. The summed E-state index contributed by atoms with van der Waals surface area (Å²) in [7, 11) is 0. The lowest BCUT2D eigenvalue weighted by Crippen LogP contribution is -2.42. The van der Waals surface area contributed by atoms with Crippen LogP contribution in [0.25, 0.3) is 21.8 Å². The van der Waals surface area contributed by atoms with Gasteiger partial charge >= 0.3 is 0 Å². The minimum Gasteiger partial charge on any atom is -0.446 e. The van der Waals surface area contributed by atoms with Gasteiger partial charge in [0.1, 0.15) is 10.6 Å². The molecular formula is C18H21BrN4OS. The Kier molecular flexibility index (Phi) is 4.56. The van der Waals surface area contributed by atoms with Crippen molar-refractivity contribution in [2.45, 2.75) is 51.7 Å². The van der Waals surface area contributed by atoms with Crippen molar-refractivity contribution < 1.29 is 4.42 Å². The van der Waals surface area contributed by atoms with E-state index < -0.39 is 0 Å². The van der Waals surface area contributed by atoms with E-state index in [-0.39, 0.29) is 0 Å². The van der Waals surface area contributed by atoms with Gasteiger partial charge in [-0.1, -0.05) is 6.42 Å². The number of aromatic nitrogens is 2.